The SMILES string of the molecule is CC/C=C\C/C=C\C/C=C\C/C=C\C/C=C\C/C=C\C/C=C\C/C=C\CCCCCCCCC(=O)OCC(COC(=O)CCCCCCC/C=C\C/C=C\CCC)OC(=O)CCCCCCCCCCC/C=C\CCCCCCCCCC. The number of carbonyl (C=O) groups excluding carboxylic acids is 3. The zero-order chi connectivity index (χ0) is 59.9. The topological polar surface area (TPSA) is 78.9 Å². The molecule has 0 aromatic heterocycles. The molecule has 1 unspecified atom stereocenters. The molecule has 0 aliphatic rings. The van der Waals surface area contributed by atoms with Crippen LogP contribution in [0.2, 0.25) is 0 Å². The lowest BCUT2D eigenvalue weighted by atomic mass is 10.1. The van der Waals surface area contributed by atoms with Crippen LogP contribution in [0.15, 0.2) is 134 Å². The summed E-state index contributed by atoms with van der Waals surface area (Å²) in [5.41, 5.74) is 0. The number of unbranched alkanes of at least 4 members (excludes halogenated alkanes) is 29. The number of rotatable bonds is 62. The summed E-state index contributed by atoms with van der Waals surface area (Å²) in [6.45, 7) is 6.46. The van der Waals surface area contributed by atoms with Gasteiger partial charge in [-0.15, -0.1) is 0 Å². The van der Waals surface area contributed by atoms with Crippen molar-refractivity contribution in [3.05, 3.63) is 134 Å². The monoisotopic (exact) mass is 1150 g/mol. The van der Waals surface area contributed by atoms with E-state index in [4.69, 9.17) is 14.2 Å². The molecule has 0 aliphatic heterocycles. The van der Waals surface area contributed by atoms with E-state index >= 15 is 0 Å². The molecule has 6 heteroatoms. The number of esters is 3. The van der Waals surface area contributed by atoms with Crippen molar-refractivity contribution in [1.29, 1.82) is 0 Å². The molecule has 0 fully saturated rings. The van der Waals surface area contributed by atoms with Gasteiger partial charge in [-0.25, -0.2) is 0 Å². The molecule has 0 aliphatic carbocycles. The predicted octanol–water partition coefficient (Wildman–Crippen LogP) is 24.1. The fourth-order valence-electron chi connectivity index (χ4n) is 9.43. The molecule has 0 aromatic carbocycles. The molecule has 0 aromatic rings. The van der Waals surface area contributed by atoms with Crippen molar-refractivity contribution >= 4 is 17.9 Å². The first-order valence-corrected chi connectivity index (χ1v) is 34.7. The number of hydrogen-bond acceptors (Lipinski definition) is 6. The predicted molar refractivity (Wildman–Crippen MR) is 362 cm³/mol. The summed E-state index contributed by atoms with van der Waals surface area (Å²) < 4.78 is 16.9. The minimum Gasteiger partial charge on any atom is -0.462 e. The maximum Gasteiger partial charge on any atom is 0.306 e. The molecular weight excluding hydrogens is 1020 g/mol. The van der Waals surface area contributed by atoms with Crippen LogP contribution in [0.3, 0.4) is 0 Å². The smallest absolute Gasteiger partial charge is 0.306 e. The van der Waals surface area contributed by atoms with E-state index in [-0.39, 0.29) is 31.1 Å². The molecule has 0 saturated heterocycles. The van der Waals surface area contributed by atoms with Crippen molar-refractivity contribution in [2.75, 3.05) is 13.2 Å². The Labute approximate surface area is 513 Å². The van der Waals surface area contributed by atoms with Gasteiger partial charge < -0.3 is 14.2 Å². The molecule has 0 spiro atoms. The van der Waals surface area contributed by atoms with Crippen LogP contribution in [0.1, 0.15) is 316 Å². The highest BCUT2D eigenvalue weighted by Gasteiger charge is 2.19. The van der Waals surface area contributed by atoms with Crippen molar-refractivity contribution < 1.29 is 28.6 Å². The van der Waals surface area contributed by atoms with Gasteiger partial charge in [0.2, 0.25) is 0 Å². The van der Waals surface area contributed by atoms with Crippen LogP contribution in [-0.4, -0.2) is 37.2 Å². The third-order valence-electron chi connectivity index (χ3n) is 14.6. The second-order valence-electron chi connectivity index (χ2n) is 22.7. The standard InChI is InChI=1S/C77H128O6/c1-4-7-10-13-16-19-22-25-27-29-31-33-34-35-36-37-38-39-40-41-42-44-45-47-49-52-55-58-61-64-67-70-76(79)82-73-74(72-81-75(78)69-66-63-60-57-54-51-24-21-18-15-12-9-6-3)83-77(80)71-68-65-62-59-56-53-50-48-46-43-32-30-28-26-23-20-17-14-11-8-5-2/h7,10,12,15-16,19,21,24-25,27,30-33,35-36,38-39,41-42,45,47,74H,4-6,8-9,11,13-14,17-18,20,22-23,26,28-29,34,37,40,43-44,46,48-73H2,1-3H3/b10-7-,15-12-,19-16-,24-21-,27-25-,32-30-,33-31-,36-35-,39-38-,42-41-,47-45-. The van der Waals surface area contributed by atoms with Gasteiger partial charge in [-0.2, -0.15) is 0 Å². The molecule has 0 saturated carbocycles. The Morgan fingerprint density at radius 3 is 0.795 bits per heavy atom. The van der Waals surface area contributed by atoms with E-state index in [2.05, 4.69) is 154 Å². The van der Waals surface area contributed by atoms with Gasteiger partial charge >= 0.3 is 17.9 Å². The van der Waals surface area contributed by atoms with Crippen molar-refractivity contribution in [3.8, 4) is 0 Å². The van der Waals surface area contributed by atoms with Gasteiger partial charge in [0.25, 0.3) is 0 Å². The molecule has 83 heavy (non-hydrogen) atoms. The molecule has 0 N–H and O–H groups in total. The fraction of sp³-hybridized carbons (Fsp3) is 0.675. The van der Waals surface area contributed by atoms with Crippen molar-refractivity contribution in [3.63, 3.8) is 0 Å². The molecule has 0 radical (unpaired) electrons. The Morgan fingerprint density at radius 2 is 0.494 bits per heavy atom. The number of ether oxygens (including phenoxy) is 3. The summed E-state index contributed by atoms with van der Waals surface area (Å²) in [5.74, 6) is -0.916. The van der Waals surface area contributed by atoms with Gasteiger partial charge in [-0.1, -0.05) is 296 Å². The van der Waals surface area contributed by atoms with Gasteiger partial charge in [-0.05, 0) is 135 Å². The molecule has 6 nitrogen and oxygen atoms in total. The minimum atomic E-state index is -0.797. The van der Waals surface area contributed by atoms with E-state index in [9.17, 15) is 14.4 Å². The van der Waals surface area contributed by atoms with Gasteiger partial charge in [-0.3, -0.25) is 14.4 Å². The summed E-state index contributed by atoms with van der Waals surface area (Å²) in [7, 11) is 0. The van der Waals surface area contributed by atoms with Crippen LogP contribution in [0.25, 0.3) is 0 Å². The second-order valence-corrected chi connectivity index (χ2v) is 22.7. The van der Waals surface area contributed by atoms with Gasteiger partial charge in [0.15, 0.2) is 6.10 Å². The van der Waals surface area contributed by atoms with E-state index in [0.717, 1.165) is 154 Å². The normalized spacial score (nSPS) is 13.0. The van der Waals surface area contributed by atoms with Crippen molar-refractivity contribution in [2.45, 2.75) is 322 Å². The first-order valence-electron chi connectivity index (χ1n) is 34.7. The summed E-state index contributed by atoms with van der Waals surface area (Å²) in [6, 6.07) is 0. The highest BCUT2D eigenvalue weighted by atomic mass is 16.6. The average Bonchev–Trinajstić information content (AvgIpc) is 3.49. The largest absolute Gasteiger partial charge is 0.462 e. The van der Waals surface area contributed by atoms with E-state index < -0.39 is 6.10 Å². The van der Waals surface area contributed by atoms with Crippen molar-refractivity contribution in [2.24, 2.45) is 0 Å². The molecular formula is C77H128O6. The first-order chi connectivity index (χ1) is 41.0. The number of hydrogen-bond donors (Lipinski definition) is 0. The minimum absolute atomic E-state index is 0.0929. The summed E-state index contributed by atoms with van der Waals surface area (Å²) >= 11 is 0. The van der Waals surface area contributed by atoms with Crippen LogP contribution in [0.4, 0.5) is 0 Å². The Bertz CT molecular complexity index is 1750. The summed E-state index contributed by atoms with van der Waals surface area (Å²) in [5, 5.41) is 0. The van der Waals surface area contributed by atoms with Crippen LogP contribution in [-0.2, 0) is 28.6 Å². The molecule has 1 atom stereocenters. The van der Waals surface area contributed by atoms with E-state index in [0.29, 0.717) is 19.3 Å². The maximum absolute atomic E-state index is 12.9. The lowest BCUT2D eigenvalue weighted by Crippen LogP contribution is -2.30. The van der Waals surface area contributed by atoms with Crippen LogP contribution < -0.4 is 0 Å². The third kappa shape index (κ3) is 68.2. The Balaban J connectivity index is 4.35. The summed E-state index contributed by atoms with van der Waals surface area (Å²) in [4.78, 5) is 38.4. The Morgan fingerprint density at radius 1 is 0.253 bits per heavy atom. The van der Waals surface area contributed by atoms with E-state index in [1.54, 1.807) is 0 Å². The zero-order valence-electron chi connectivity index (χ0n) is 54.2. The first kappa shape index (κ1) is 78.5. The highest BCUT2D eigenvalue weighted by molar-refractivity contribution is 5.71. The lowest BCUT2D eigenvalue weighted by Gasteiger charge is -2.18. The van der Waals surface area contributed by atoms with Gasteiger partial charge in [0.05, 0.1) is 0 Å². The lowest BCUT2D eigenvalue weighted by molar-refractivity contribution is -0.167. The zero-order valence-corrected chi connectivity index (χ0v) is 54.2. The Hall–Kier alpha value is -4.45. The fourth-order valence-corrected chi connectivity index (χ4v) is 9.43. The van der Waals surface area contributed by atoms with Crippen LogP contribution in [0, 0.1) is 0 Å². The molecule has 472 valence electrons. The molecule has 0 rings (SSSR count). The van der Waals surface area contributed by atoms with E-state index in [1.165, 1.54) is 122 Å². The maximum atomic E-state index is 12.9. The third-order valence-corrected chi connectivity index (χ3v) is 14.6. The number of carbonyl (C=O) groups is 3. The second kappa shape index (κ2) is 70.0. The molecule has 0 heterocycles. The quantitative estimate of drug-likeness (QED) is 0.0261. The van der Waals surface area contributed by atoms with Crippen molar-refractivity contribution in [1.82, 2.24) is 0 Å². The van der Waals surface area contributed by atoms with Crippen LogP contribution in [0.5, 0.6) is 0 Å². The van der Waals surface area contributed by atoms with Gasteiger partial charge in [0.1, 0.15) is 13.2 Å². The van der Waals surface area contributed by atoms with Crippen LogP contribution >= 0.6 is 0 Å². The summed E-state index contributed by atoms with van der Waals surface area (Å²) in [6.07, 6.45) is 99.0. The molecule has 0 bridgehead atoms. The van der Waals surface area contributed by atoms with Gasteiger partial charge in [0, 0.05) is 19.3 Å². The van der Waals surface area contributed by atoms with E-state index in [1.807, 2.05) is 0 Å². The average molecular weight is 1150 g/mol. The molecule has 0 amide bonds. The highest BCUT2D eigenvalue weighted by Crippen LogP contribution is 2.16. The number of allylic oxidation sites excluding steroid dienone is 22. The Kier molecular flexibility index (Phi) is 66.3.